The summed E-state index contributed by atoms with van der Waals surface area (Å²) in [4.78, 5) is 40.6. The average molecular weight is 498 g/mol. The topological polar surface area (TPSA) is 92.1 Å². The Labute approximate surface area is 208 Å². The number of carbonyl (C=O) groups excluding carboxylic acids is 2. The predicted molar refractivity (Wildman–Crippen MR) is 135 cm³/mol. The standard InChI is InChI=1S/C26H28ClN3O5/c1-16-5-4-6-17(2)26(16)28-23(31)14-29-7-9-30(10-8-29)24(32)15-34-22-13-21-19(12-20(22)27)18(3)11-25(33)35-21/h4-6,11-13H,7-10,14-15H2,1-3H3,(H,28,31). The summed E-state index contributed by atoms with van der Waals surface area (Å²) in [5.74, 6) is 0.0351. The summed E-state index contributed by atoms with van der Waals surface area (Å²) in [6.45, 7) is 8.00. The number of halogens is 1. The van der Waals surface area contributed by atoms with Crippen molar-refractivity contribution in [1.29, 1.82) is 0 Å². The molecular formula is C26H28ClN3O5. The van der Waals surface area contributed by atoms with Crippen LogP contribution in [0.25, 0.3) is 11.0 Å². The highest BCUT2D eigenvalue weighted by molar-refractivity contribution is 6.32. The average Bonchev–Trinajstić information content (AvgIpc) is 2.81. The lowest BCUT2D eigenvalue weighted by atomic mass is 10.1. The van der Waals surface area contributed by atoms with Crippen molar-refractivity contribution in [2.75, 3.05) is 44.6 Å². The number of benzene rings is 2. The number of carbonyl (C=O) groups is 2. The minimum atomic E-state index is -0.458. The van der Waals surface area contributed by atoms with Gasteiger partial charge < -0.3 is 19.4 Å². The van der Waals surface area contributed by atoms with Gasteiger partial charge in [-0.2, -0.15) is 0 Å². The molecule has 8 nitrogen and oxygen atoms in total. The van der Waals surface area contributed by atoms with E-state index in [2.05, 4.69) is 5.32 Å². The van der Waals surface area contributed by atoms with Crippen LogP contribution in [0.5, 0.6) is 5.75 Å². The number of anilines is 1. The molecule has 2 heterocycles. The van der Waals surface area contributed by atoms with Crippen LogP contribution in [0.2, 0.25) is 5.02 Å². The molecule has 9 heteroatoms. The molecule has 35 heavy (non-hydrogen) atoms. The van der Waals surface area contributed by atoms with E-state index in [1.807, 2.05) is 36.9 Å². The van der Waals surface area contributed by atoms with Crippen molar-refractivity contribution in [2.45, 2.75) is 20.8 Å². The van der Waals surface area contributed by atoms with E-state index in [1.54, 1.807) is 17.9 Å². The summed E-state index contributed by atoms with van der Waals surface area (Å²) in [5.41, 5.74) is 3.55. The van der Waals surface area contributed by atoms with E-state index < -0.39 is 5.63 Å². The summed E-state index contributed by atoms with van der Waals surface area (Å²) in [5, 5.41) is 4.05. The number of ether oxygens (including phenoxy) is 1. The lowest BCUT2D eigenvalue weighted by Crippen LogP contribution is -2.51. The Kier molecular flexibility index (Phi) is 7.42. The van der Waals surface area contributed by atoms with Gasteiger partial charge in [-0.25, -0.2) is 4.79 Å². The number of nitrogens with zero attached hydrogens (tertiary/aromatic N) is 2. The van der Waals surface area contributed by atoms with Gasteiger partial charge >= 0.3 is 5.63 Å². The molecule has 0 saturated carbocycles. The number of rotatable bonds is 6. The smallest absolute Gasteiger partial charge is 0.336 e. The third-order valence-electron chi connectivity index (χ3n) is 6.19. The minimum absolute atomic E-state index is 0.0710. The molecule has 1 aliphatic heterocycles. The molecule has 4 rings (SSSR count). The van der Waals surface area contributed by atoms with Gasteiger partial charge in [0.1, 0.15) is 11.3 Å². The summed E-state index contributed by atoms with van der Waals surface area (Å²) in [6.07, 6.45) is 0. The molecule has 0 radical (unpaired) electrons. The fourth-order valence-electron chi connectivity index (χ4n) is 4.21. The molecule has 1 N–H and O–H groups in total. The zero-order valence-corrected chi connectivity index (χ0v) is 20.8. The molecule has 2 aromatic carbocycles. The van der Waals surface area contributed by atoms with Crippen LogP contribution in [0.3, 0.4) is 0 Å². The predicted octanol–water partition coefficient (Wildman–Crippen LogP) is 3.53. The first-order chi connectivity index (χ1) is 16.7. The van der Waals surface area contributed by atoms with E-state index in [0.717, 1.165) is 22.4 Å². The zero-order chi connectivity index (χ0) is 25.1. The Morgan fingerprint density at radius 3 is 2.40 bits per heavy atom. The molecule has 2 amide bonds. The van der Waals surface area contributed by atoms with Crippen LogP contribution < -0.4 is 15.7 Å². The van der Waals surface area contributed by atoms with Crippen molar-refractivity contribution >= 4 is 40.1 Å². The van der Waals surface area contributed by atoms with Crippen molar-refractivity contribution in [1.82, 2.24) is 9.80 Å². The second-order valence-corrected chi connectivity index (χ2v) is 9.20. The third-order valence-corrected chi connectivity index (χ3v) is 6.49. The van der Waals surface area contributed by atoms with Crippen LogP contribution in [0.15, 0.2) is 45.6 Å². The number of hydrogen-bond donors (Lipinski definition) is 1. The monoisotopic (exact) mass is 497 g/mol. The second-order valence-electron chi connectivity index (χ2n) is 8.79. The van der Waals surface area contributed by atoms with E-state index in [1.165, 1.54) is 12.1 Å². The number of aryl methyl sites for hydroxylation is 3. The Balaban J connectivity index is 1.28. The van der Waals surface area contributed by atoms with Gasteiger partial charge in [0, 0.05) is 49.4 Å². The van der Waals surface area contributed by atoms with Crippen molar-refractivity contribution in [3.63, 3.8) is 0 Å². The fraction of sp³-hybridized carbons (Fsp3) is 0.346. The fourth-order valence-corrected chi connectivity index (χ4v) is 4.43. The third kappa shape index (κ3) is 5.83. The molecule has 0 aliphatic carbocycles. The van der Waals surface area contributed by atoms with Crippen molar-refractivity contribution in [3.8, 4) is 5.75 Å². The van der Waals surface area contributed by atoms with Gasteiger partial charge in [-0.15, -0.1) is 0 Å². The van der Waals surface area contributed by atoms with Crippen LogP contribution in [0.4, 0.5) is 5.69 Å². The molecule has 1 aromatic heterocycles. The zero-order valence-electron chi connectivity index (χ0n) is 20.0. The molecule has 0 spiro atoms. The number of para-hydroxylation sites is 1. The molecule has 0 atom stereocenters. The second kappa shape index (κ2) is 10.5. The van der Waals surface area contributed by atoms with Gasteiger partial charge in [-0.1, -0.05) is 29.8 Å². The highest BCUT2D eigenvalue weighted by Crippen LogP contribution is 2.31. The molecule has 1 aliphatic rings. The number of amides is 2. The van der Waals surface area contributed by atoms with Crippen molar-refractivity contribution in [2.24, 2.45) is 0 Å². The first kappa shape index (κ1) is 24.8. The summed E-state index contributed by atoms with van der Waals surface area (Å²) in [7, 11) is 0. The Bertz CT molecular complexity index is 1310. The van der Waals surface area contributed by atoms with Crippen molar-refractivity contribution in [3.05, 3.63) is 68.5 Å². The first-order valence-electron chi connectivity index (χ1n) is 11.4. The maximum atomic E-state index is 12.7. The summed E-state index contributed by atoms with van der Waals surface area (Å²) >= 11 is 6.32. The Morgan fingerprint density at radius 1 is 1.03 bits per heavy atom. The van der Waals surface area contributed by atoms with Crippen LogP contribution in [-0.2, 0) is 9.59 Å². The van der Waals surface area contributed by atoms with Gasteiger partial charge in [0.05, 0.1) is 11.6 Å². The van der Waals surface area contributed by atoms with Gasteiger partial charge in [0.15, 0.2) is 6.61 Å². The van der Waals surface area contributed by atoms with Crippen molar-refractivity contribution < 1.29 is 18.7 Å². The molecule has 0 unspecified atom stereocenters. The van der Waals surface area contributed by atoms with E-state index in [0.29, 0.717) is 42.2 Å². The van der Waals surface area contributed by atoms with Gasteiger partial charge in [0.2, 0.25) is 5.91 Å². The highest BCUT2D eigenvalue weighted by atomic mass is 35.5. The molecule has 3 aromatic rings. The number of fused-ring (bicyclic) bond motifs is 1. The quantitative estimate of drug-likeness (QED) is 0.524. The molecule has 1 fully saturated rings. The Morgan fingerprint density at radius 2 is 1.71 bits per heavy atom. The van der Waals surface area contributed by atoms with Crippen LogP contribution in [0, 0.1) is 20.8 Å². The summed E-state index contributed by atoms with van der Waals surface area (Å²) in [6, 6.07) is 10.5. The molecule has 0 bridgehead atoms. The minimum Gasteiger partial charge on any atom is -0.482 e. The number of piperazine rings is 1. The SMILES string of the molecule is Cc1cccc(C)c1NC(=O)CN1CCN(C(=O)COc2cc3oc(=O)cc(C)c3cc2Cl)CC1. The lowest BCUT2D eigenvalue weighted by molar-refractivity contribution is -0.135. The summed E-state index contributed by atoms with van der Waals surface area (Å²) < 4.78 is 10.9. The lowest BCUT2D eigenvalue weighted by Gasteiger charge is -2.34. The molecule has 184 valence electrons. The highest BCUT2D eigenvalue weighted by Gasteiger charge is 2.23. The van der Waals surface area contributed by atoms with Crippen LogP contribution in [0.1, 0.15) is 16.7 Å². The van der Waals surface area contributed by atoms with Gasteiger partial charge in [-0.3, -0.25) is 14.5 Å². The number of nitrogens with one attached hydrogen (secondary N) is 1. The van der Waals surface area contributed by atoms with Gasteiger partial charge in [0.25, 0.3) is 5.91 Å². The maximum absolute atomic E-state index is 12.7. The van der Waals surface area contributed by atoms with Crippen LogP contribution in [-0.4, -0.2) is 60.9 Å². The van der Waals surface area contributed by atoms with E-state index in [4.69, 9.17) is 20.8 Å². The largest absolute Gasteiger partial charge is 0.482 e. The number of hydrogen-bond acceptors (Lipinski definition) is 6. The normalized spacial score (nSPS) is 14.2. The van der Waals surface area contributed by atoms with E-state index in [-0.39, 0.29) is 30.7 Å². The van der Waals surface area contributed by atoms with E-state index >= 15 is 0 Å². The molecule has 1 saturated heterocycles. The van der Waals surface area contributed by atoms with Gasteiger partial charge in [-0.05, 0) is 43.5 Å². The molecular weight excluding hydrogens is 470 g/mol. The maximum Gasteiger partial charge on any atom is 0.336 e. The van der Waals surface area contributed by atoms with Crippen LogP contribution >= 0.6 is 11.6 Å². The first-order valence-corrected chi connectivity index (χ1v) is 11.8. The van der Waals surface area contributed by atoms with E-state index in [9.17, 15) is 14.4 Å². The Hall–Kier alpha value is -3.36.